The van der Waals surface area contributed by atoms with Crippen LogP contribution in [0.25, 0.3) is 0 Å². The lowest BCUT2D eigenvalue weighted by Crippen LogP contribution is -2.30. The van der Waals surface area contributed by atoms with Crippen molar-refractivity contribution in [2.45, 2.75) is 25.3 Å². The number of amides is 3. The third-order valence-corrected chi connectivity index (χ3v) is 4.91. The normalized spacial score (nSPS) is 19.0. The second-order valence-corrected chi connectivity index (χ2v) is 7.02. The first-order valence-corrected chi connectivity index (χ1v) is 9.18. The van der Waals surface area contributed by atoms with E-state index in [1.165, 1.54) is 0 Å². The molecular weight excluding hydrogens is 342 g/mol. The van der Waals surface area contributed by atoms with Crippen molar-refractivity contribution in [2.75, 3.05) is 16.8 Å². The minimum Gasteiger partial charge on any atom is -0.349 e. The van der Waals surface area contributed by atoms with Crippen LogP contribution in [0.15, 0.2) is 54.6 Å². The van der Waals surface area contributed by atoms with Gasteiger partial charge in [-0.3, -0.25) is 14.4 Å². The Morgan fingerprint density at radius 2 is 1.67 bits per heavy atom. The highest BCUT2D eigenvalue weighted by atomic mass is 16.2. The zero-order valence-corrected chi connectivity index (χ0v) is 14.9. The second-order valence-electron chi connectivity index (χ2n) is 7.02. The van der Waals surface area contributed by atoms with E-state index in [0.29, 0.717) is 17.8 Å². The minimum absolute atomic E-state index is 0.0684. The fraction of sp³-hybridized carbons (Fsp3) is 0.286. The third kappa shape index (κ3) is 3.84. The van der Waals surface area contributed by atoms with Crippen LogP contribution in [0.4, 0.5) is 11.4 Å². The summed E-state index contributed by atoms with van der Waals surface area (Å²) in [5.41, 5.74) is 1.72. The Balaban J connectivity index is 1.45. The maximum absolute atomic E-state index is 12.7. The SMILES string of the molecule is O=C(NC1CC1)c1ccccc1NC(=O)C1CC(=O)N(c2ccccc2)C1. The smallest absolute Gasteiger partial charge is 0.253 e. The molecule has 1 saturated heterocycles. The van der Waals surface area contributed by atoms with E-state index in [1.807, 2.05) is 30.3 Å². The van der Waals surface area contributed by atoms with E-state index in [-0.39, 0.29) is 30.2 Å². The van der Waals surface area contributed by atoms with Gasteiger partial charge in [-0.1, -0.05) is 30.3 Å². The zero-order chi connectivity index (χ0) is 18.8. The molecule has 1 aliphatic heterocycles. The lowest BCUT2D eigenvalue weighted by molar-refractivity contribution is -0.122. The van der Waals surface area contributed by atoms with Crippen molar-refractivity contribution < 1.29 is 14.4 Å². The number of hydrogen-bond acceptors (Lipinski definition) is 3. The minimum atomic E-state index is -0.447. The number of carbonyl (C=O) groups is 3. The van der Waals surface area contributed by atoms with Gasteiger partial charge in [0.05, 0.1) is 17.2 Å². The van der Waals surface area contributed by atoms with Crippen LogP contribution in [0.2, 0.25) is 0 Å². The average Bonchev–Trinajstić information content (AvgIpc) is 3.41. The number of nitrogens with one attached hydrogen (secondary N) is 2. The molecular formula is C21H21N3O3. The molecule has 1 unspecified atom stereocenters. The summed E-state index contributed by atoms with van der Waals surface area (Å²) in [4.78, 5) is 39.1. The van der Waals surface area contributed by atoms with Crippen LogP contribution >= 0.6 is 0 Å². The molecule has 1 aliphatic carbocycles. The molecule has 0 bridgehead atoms. The molecule has 2 aromatic rings. The maximum atomic E-state index is 12.7. The van der Waals surface area contributed by atoms with Crippen LogP contribution in [0.5, 0.6) is 0 Å². The molecule has 27 heavy (non-hydrogen) atoms. The number of nitrogens with zero attached hydrogens (tertiary/aromatic N) is 1. The first-order chi connectivity index (χ1) is 13.1. The van der Waals surface area contributed by atoms with E-state index in [0.717, 1.165) is 18.5 Å². The summed E-state index contributed by atoms with van der Waals surface area (Å²) in [5, 5.41) is 5.78. The molecule has 0 spiro atoms. The molecule has 1 saturated carbocycles. The molecule has 1 atom stereocenters. The van der Waals surface area contributed by atoms with Crippen molar-refractivity contribution in [3.8, 4) is 0 Å². The molecule has 2 fully saturated rings. The van der Waals surface area contributed by atoms with E-state index in [1.54, 1.807) is 29.2 Å². The van der Waals surface area contributed by atoms with Crippen LogP contribution in [-0.4, -0.2) is 30.3 Å². The van der Waals surface area contributed by atoms with Crippen molar-refractivity contribution in [1.82, 2.24) is 5.32 Å². The fourth-order valence-corrected chi connectivity index (χ4v) is 3.26. The highest BCUT2D eigenvalue weighted by molar-refractivity contribution is 6.07. The molecule has 2 aromatic carbocycles. The molecule has 0 aromatic heterocycles. The summed E-state index contributed by atoms with van der Waals surface area (Å²) in [6.07, 6.45) is 2.16. The Morgan fingerprint density at radius 3 is 2.41 bits per heavy atom. The zero-order valence-electron chi connectivity index (χ0n) is 14.9. The molecule has 3 amide bonds. The number of benzene rings is 2. The summed E-state index contributed by atoms with van der Waals surface area (Å²) in [5.74, 6) is -0.936. The van der Waals surface area contributed by atoms with Gasteiger partial charge in [-0.25, -0.2) is 0 Å². The summed E-state index contributed by atoms with van der Waals surface area (Å²) in [6.45, 7) is 0.338. The number of anilines is 2. The van der Waals surface area contributed by atoms with E-state index < -0.39 is 5.92 Å². The van der Waals surface area contributed by atoms with Crippen molar-refractivity contribution in [1.29, 1.82) is 0 Å². The van der Waals surface area contributed by atoms with Crippen LogP contribution in [0.3, 0.4) is 0 Å². The lowest BCUT2D eigenvalue weighted by Gasteiger charge is -2.17. The van der Waals surface area contributed by atoms with Crippen molar-refractivity contribution >= 4 is 29.1 Å². The highest BCUT2D eigenvalue weighted by Gasteiger charge is 2.35. The number of para-hydroxylation sites is 2. The summed E-state index contributed by atoms with van der Waals surface area (Å²) >= 11 is 0. The Bertz CT molecular complexity index is 877. The highest BCUT2D eigenvalue weighted by Crippen LogP contribution is 2.27. The van der Waals surface area contributed by atoms with Gasteiger partial charge in [0, 0.05) is 24.7 Å². The Labute approximate surface area is 157 Å². The Kier molecular flexibility index (Phi) is 4.62. The molecule has 4 rings (SSSR count). The Morgan fingerprint density at radius 1 is 0.963 bits per heavy atom. The van der Waals surface area contributed by atoms with Crippen LogP contribution in [0, 0.1) is 5.92 Å². The standard InChI is InChI=1S/C21H21N3O3/c25-19-12-14(13-24(19)16-6-2-1-3-7-16)20(26)23-18-9-5-4-8-17(18)21(27)22-15-10-11-15/h1-9,14-15H,10-13H2,(H,22,27)(H,23,26). The van der Waals surface area contributed by atoms with Gasteiger partial charge >= 0.3 is 0 Å². The summed E-state index contributed by atoms with van der Waals surface area (Å²) in [7, 11) is 0. The lowest BCUT2D eigenvalue weighted by atomic mass is 10.1. The number of carbonyl (C=O) groups excluding carboxylic acids is 3. The molecule has 2 aliphatic rings. The molecule has 138 valence electrons. The quantitative estimate of drug-likeness (QED) is 0.857. The molecule has 1 heterocycles. The van der Waals surface area contributed by atoms with E-state index >= 15 is 0 Å². The van der Waals surface area contributed by atoms with Gasteiger partial charge in [0.2, 0.25) is 11.8 Å². The molecule has 2 N–H and O–H groups in total. The topological polar surface area (TPSA) is 78.5 Å². The fourth-order valence-electron chi connectivity index (χ4n) is 3.26. The van der Waals surface area contributed by atoms with Gasteiger partial charge < -0.3 is 15.5 Å². The van der Waals surface area contributed by atoms with Crippen molar-refractivity contribution in [3.05, 3.63) is 60.2 Å². The van der Waals surface area contributed by atoms with Gasteiger partial charge in [-0.2, -0.15) is 0 Å². The van der Waals surface area contributed by atoms with Gasteiger partial charge in [0.15, 0.2) is 0 Å². The van der Waals surface area contributed by atoms with E-state index in [9.17, 15) is 14.4 Å². The van der Waals surface area contributed by atoms with E-state index in [4.69, 9.17) is 0 Å². The number of hydrogen-bond donors (Lipinski definition) is 2. The van der Waals surface area contributed by atoms with Crippen LogP contribution in [-0.2, 0) is 9.59 Å². The van der Waals surface area contributed by atoms with Crippen molar-refractivity contribution in [3.63, 3.8) is 0 Å². The van der Waals surface area contributed by atoms with Crippen LogP contribution < -0.4 is 15.5 Å². The third-order valence-electron chi connectivity index (χ3n) is 4.91. The maximum Gasteiger partial charge on any atom is 0.253 e. The Hall–Kier alpha value is -3.15. The summed E-state index contributed by atoms with van der Waals surface area (Å²) in [6, 6.07) is 16.5. The molecule has 6 heteroatoms. The van der Waals surface area contributed by atoms with Gasteiger partial charge in [-0.15, -0.1) is 0 Å². The van der Waals surface area contributed by atoms with E-state index in [2.05, 4.69) is 10.6 Å². The monoisotopic (exact) mass is 363 g/mol. The molecule has 6 nitrogen and oxygen atoms in total. The number of rotatable bonds is 5. The van der Waals surface area contributed by atoms with Gasteiger partial charge in [-0.05, 0) is 37.1 Å². The first-order valence-electron chi connectivity index (χ1n) is 9.18. The average molecular weight is 363 g/mol. The molecule has 0 radical (unpaired) electrons. The first kappa shape index (κ1) is 17.3. The van der Waals surface area contributed by atoms with Crippen molar-refractivity contribution in [2.24, 2.45) is 5.92 Å². The largest absolute Gasteiger partial charge is 0.349 e. The van der Waals surface area contributed by atoms with Crippen LogP contribution in [0.1, 0.15) is 29.6 Å². The summed E-state index contributed by atoms with van der Waals surface area (Å²) < 4.78 is 0. The van der Waals surface area contributed by atoms with Gasteiger partial charge in [0.1, 0.15) is 0 Å². The predicted octanol–water partition coefficient (Wildman–Crippen LogP) is 2.57. The van der Waals surface area contributed by atoms with Gasteiger partial charge in [0.25, 0.3) is 5.91 Å². The second kappa shape index (κ2) is 7.23. The predicted molar refractivity (Wildman–Crippen MR) is 102 cm³/mol.